The molecule has 0 rings (SSSR count). The van der Waals surface area contributed by atoms with Crippen molar-refractivity contribution in [3.63, 3.8) is 0 Å². The first kappa shape index (κ1) is 16.8. The molecule has 0 fully saturated rings. The summed E-state index contributed by atoms with van der Waals surface area (Å²) in [5, 5.41) is 0. The third-order valence-corrected chi connectivity index (χ3v) is 2.96. The zero-order valence-electron chi connectivity index (χ0n) is 10.00. The molecule has 0 aliphatic rings. The predicted octanol–water partition coefficient (Wildman–Crippen LogP) is 1.96. The van der Waals surface area contributed by atoms with Crippen LogP contribution in [0.4, 0.5) is 13.2 Å². The summed E-state index contributed by atoms with van der Waals surface area (Å²) in [7, 11) is -5.84. The SMILES string of the molecule is C=C(OS(=O)(=O)C(F)(F)F)C(C)(C)C(=O)OCC. The first-order valence-electron chi connectivity index (χ1n) is 4.73. The van der Waals surface area contributed by atoms with E-state index in [9.17, 15) is 26.4 Å². The summed E-state index contributed by atoms with van der Waals surface area (Å²) >= 11 is 0. The first-order valence-corrected chi connectivity index (χ1v) is 6.14. The smallest absolute Gasteiger partial charge is 0.465 e. The van der Waals surface area contributed by atoms with Crippen molar-refractivity contribution >= 4 is 16.1 Å². The van der Waals surface area contributed by atoms with Crippen molar-refractivity contribution in [1.29, 1.82) is 0 Å². The fourth-order valence-electron chi connectivity index (χ4n) is 0.709. The molecule has 0 aromatic rings. The summed E-state index contributed by atoms with van der Waals surface area (Å²) in [6.45, 7) is 6.78. The van der Waals surface area contributed by atoms with E-state index in [-0.39, 0.29) is 6.61 Å². The highest BCUT2D eigenvalue weighted by molar-refractivity contribution is 7.87. The highest BCUT2D eigenvalue weighted by atomic mass is 32.2. The van der Waals surface area contributed by atoms with Gasteiger partial charge >= 0.3 is 21.6 Å². The van der Waals surface area contributed by atoms with Crippen molar-refractivity contribution in [2.45, 2.75) is 26.3 Å². The molecular formula is C9H13F3O5S. The van der Waals surface area contributed by atoms with E-state index in [1.54, 1.807) is 0 Å². The Labute approximate surface area is 103 Å². The van der Waals surface area contributed by atoms with Crippen molar-refractivity contribution in [3.8, 4) is 0 Å². The highest BCUT2D eigenvalue weighted by Crippen LogP contribution is 2.33. The van der Waals surface area contributed by atoms with Crippen molar-refractivity contribution in [2.24, 2.45) is 5.41 Å². The second-order valence-electron chi connectivity index (χ2n) is 3.75. The third kappa shape index (κ3) is 3.62. The number of esters is 1. The van der Waals surface area contributed by atoms with E-state index in [1.165, 1.54) is 6.92 Å². The maximum Gasteiger partial charge on any atom is 0.534 e. The molecule has 0 saturated carbocycles. The summed E-state index contributed by atoms with van der Waals surface area (Å²) < 4.78 is 66.0. The molecule has 0 amide bonds. The molecule has 0 saturated heterocycles. The molecule has 0 aliphatic carbocycles. The molecule has 0 atom stereocenters. The number of carbonyl (C=O) groups is 1. The Morgan fingerprint density at radius 1 is 1.28 bits per heavy atom. The maximum absolute atomic E-state index is 12.1. The average molecular weight is 290 g/mol. The van der Waals surface area contributed by atoms with Crippen LogP contribution in [0.5, 0.6) is 0 Å². The second kappa shape index (κ2) is 5.17. The lowest BCUT2D eigenvalue weighted by Gasteiger charge is -2.24. The predicted molar refractivity (Wildman–Crippen MR) is 55.6 cm³/mol. The Balaban J connectivity index is 5.05. The fraction of sp³-hybridized carbons (Fsp3) is 0.667. The van der Waals surface area contributed by atoms with Gasteiger partial charge in [0.1, 0.15) is 11.2 Å². The number of rotatable bonds is 5. The molecule has 0 spiro atoms. The summed E-state index contributed by atoms with van der Waals surface area (Å²) in [5.41, 5.74) is -7.30. The number of hydrogen-bond acceptors (Lipinski definition) is 5. The van der Waals surface area contributed by atoms with Crippen LogP contribution in [0.1, 0.15) is 20.8 Å². The van der Waals surface area contributed by atoms with Crippen molar-refractivity contribution < 1.29 is 35.3 Å². The Morgan fingerprint density at radius 3 is 2.06 bits per heavy atom. The van der Waals surface area contributed by atoms with Crippen LogP contribution >= 0.6 is 0 Å². The summed E-state index contributed by atoms with van der Waals surface area (Å²) in [6.07, 6.45) is 0. The Kier molecular flexibility index (Phi) is 4.81. The lowest BCUT2D eigenvalue weighted by Crippen LogP contribution is -2.33. The van der Waals surface area contributed by atoms with Gasteiger partial charge in [0.25, 0.3) is 0 Å². The highest BCUT2D eigenvalue weighted by Gasteiger charge is 2.50. The molecular weight excluding hydrogens is 277 g/mol. The minimum absolute atomic E-state index is 0.0123. The van der Waals surface area contributed by atoms with Crippen molar-refractivity contribution in [3.05, 3.63) is 12.3 Å². The van der Waals surface area contributed by atoms with E-state index in [0.29, 0.717) is 0 Å². The van der Waals surface area contributed by atoms with Gasteiger partial charge in [-0.05, 0) is 20.8 Å². The third-order valence-electron chi connectivity index (χ3n) is 1.98. The van der Waals surface area contributed by atoms with Crippen molar-refractivity contribution in [1.82, 2.24) is 0 Å². The van der Waals surface area contributed by atoms with E-state index in [0.717, 1.165) is 13.8 Å². The molecule has 0 N–H and O–H groups in total. The van der Waals surface area contributed by atoms with Gasteiger partial charge < -0.3 is 8.92 Å². The molecule has 0 bridgehead atoms. The molecule has 18 heavy (non-hydrogen) atoms. The van der Waals surface area contributed by atoms with Gasteiger partial charge in [0.05, 0.1) is 6.61 Å². The number of halogens is 3. The molecule has 0 heterocycles. The van der Waals surface area contributed by atoms with Gasteiger partial charge in [-0.1, -0.05) is 6.58 Å². The number of alkyl halides is 3. The van der Waals surface area contributed by atoms with E-state index in [1.807, 2.05) is 0 Å². The van der Waals surface area contributed by atoms with Crippen LogP contribution in [0, 0.1) is 5.41 Å². The zero-order chi connectivity index (χ0) is 14.8. The van der Waals surface area contributed by atoms with Crippen LogP contribution < -0.4 is 0 Å². The normalized spacial score (nSPS) is 13.0. The largest absolute Gasteiger partial charge is 0.534 e. The Morgan fingerprint density at radius 2 is 1.72 bits per heavy atom. The van der Waals surface area contributed by atoms with Gasteiger partial charge in [-0.25, -0.2) is 0 Å². The Bertz CT molecular complexity index is 436. The topological polar surface area (TPSA) is 69.7 Å². The monoisotopic (exact) mass is 290 g/mol. The second-order valence-corrected chi connectivity index (χ2v) is 5.29. The minimum Gasteiger partial charge on any atom is -0.465 e. The first-order chi connectivity index (χ1) is 7.86. The van der Waals surface area contributed by atoms with Gasteiger partial charge in [-0.15, -0.1) is 0 Å². The summed E-state index contributed by atoms with van der Waals surface area (Å²) in [6, 6.07) is 0. The van der Waals surface area contributed by atoms with Crippen LogP contribution in [0.25, 0.3) is 0 Å². The minimum atomic E-state index is -5.84. The fourth-order valence-corrected chi connectivity index (χ4v) is 1.28. The zero-order valence-corrected chi connectivity index (χ0v) is 10.8. The maximum atomic E-state index is 12.1. The van der Waals surface area contributed by atoms with Crippen LogP contribution in [0.3, 0.4) is 0 Å². The van der Waals surface area contributed by atoms with Crippen LogP contribution in [0.15, 0.2) is 12.3 Å². The molecule has 106 valence electrons. The quantitative estimate of drug-likeness (QED) is 0.335. The lowest BCUT2D eigenvalue weighted by atomic mass is 9.92. The van der Waals surface area contributed by atoms with E-state index in [4.69, 9.17) is 0 Å². The number of hydrogen-bond donors (Lipinski definition) is 0. The average Bonchev–Trinajstić information content (AvgIpc) is 2.15. The van der Waals surface area contributed by atoms with Crippen LogP contribution in [-0.4, -0.2) is 26.5 Å². The summed E-state index contributed by atoms with van der Waals surface area (Å²) in [5.74, 6) is -1.80. The standard InChI is InChI=1S/C9H13F3O5S/c1-5-16-7(13)8(3,4)6(2)17-18(14,15)9(10,11)12/h2,5H2,1,3-4H3. The molecule has 0 unspecified atom stereocenters. The molecule has 0 radical (unpaired) electrons. The molecule has 0 aliphatic heterocycles. The van der Waals surface area contributed by atoms with Crippen LogP contribution in [-0.2, 0) is 23.8 Å². The van der Waals surface area contributed by atoms with Gasteiger partial charge in [-0.2, -0.15) is 21.6 Å². The van der Waals surface area contributed by atoms with Gasteiger partial charge in [0, 0.05) is 0 Å². The van der Waals surface area contributed by atoms with Crippen molar-refractivity contribution in [2.75, 3.05) is 6.61 Å². The molecule has 9 heteroatoms. The van der Waals surface area contributed by atoms with E-state index < -0.39 is 32.8 Å². The molecule has 0 aromatic carbocycles. The summed E-state index contributed by atoms with van der Waals surface area (Å²) in [4.78, 5) is 11.4. The van der Waals surface area contributed by atoms with Gasteiger partial charge in [0.2, 0.25) is 0 Å². The molecule has 0 aromatic heterocycles. The molecule has 5 nitrogen and oxygen atoms in total. The van der Waals surface area contributed by atoms with Crippen LogP contribution in [0.2, 0.25) is 0 Å². The lowest BCUT2D eigenvalue weighted by molar-refractivity contribution is -0.152. The number of ether oxygens (including phenoxy) is 1. The Hall–Kier alpha value is -1.25. The van der Waals surface area contributed by atoms with Gasteiger partial charge in [-0.3, -0.25) is 4.79 Å². The van der Waals surface area contributed by atoms with E-state index in [2.05, 4.69) is 15.5 Å². The number of carbonyl (C=O) groups excluding carboxylic acids is 1. The van der Waals surface area contributed by atoms with E-state index >= 15 is 0 Å². The van der Waals surface area contributed by atoms with Gasteiger partial charge in [0.15, 0.2) is 0 Å².